The van der Waals surface area contributed by atoms with E-state index in [0.717, 1.165) is 5.69 Å². The lowest BCUT2D eigenvalue weighted by Crippen LogP contribution is -2.19. The summed E-state index contributed by atoms with van der Waals surface area (Å²) < 4.78 is 12.3. The summed E-state index contributed by atoms with van der Waals surface area (Å²) in [5.74, 6) is -0.590. The van der Waals surface area contributed by atoms with E-state index in [-0.39, 0.29) is 11.7 Å². The summed E-state index contributed by atoms with van der Waals surface area (Å²) in [6.07, 6.45) is 6.53. The Balaban J connectivity index is 1.48. The number of furan rings is 1. The first-order valence-electron chi connectivity index (χ1n) is 9.13. The molecule has 0 aliphatic heterocycles. The number of carbonyl (C=O) groups excluding carboxylic acids is 2. The van der Waals surface area contributed by atoms with Gasteiger partial charge in [-0.2, -0.15) is 5.10 Å². The van der Waals surface area contributed by atoms with E-state index in [1.165, 1.54) is 18.5 Å². The standard InChI is InChI=1S/C23H17N3O4/c27-22(18-9-2-3-10-19(18)26-13-5-6-14-26)25-24-16-17-8-1-4-11-20(17)30-23(28)21-12-7-15-29-21/h1-16H,(H,25,27). The zero-order chi connectivity index (χ0) is 20.8. The normalized spacial score (nSPS) is 10.8. The third-order valence-corrected chi connectivity index (χ3v) is 4.25. The van der Waals surface area contributed by atoms with Gasteiger partial charge in [-0.1, -0.05) is 24.3 Å². The molecule has 30 heavy (non-hydrogen) atoms. The van der Waals surface area contributed by atoms with Gasteiger partial charge >= 0.3 is 5.97 Å². The molecule has 1 amide bonds. The summed E-state index contributed by atoms with van der Waals surface area (Å²) in [6, 6.07) is 21.0. The number of rotatable bonds is 6. The molecule has 4 aromatic rings. The maximum absolute atomic E-state index is 12.6. The Hall–Kier alpha value is -4.39. The minimum Gasteiger partial charge on any atom is -0.457 e. The van der Waals surface area contributed by atoms with Gasteiger partial charge in [0.15, 0.2) is 0 Å². The van der Waals surface area contributed by atoms with Gasteiger partial charge < -0.3 is 13.7 Å². The Morgan fingerprint density at radius 3 is 2.50 bits per heavy atom. The van der Waals surface area contributed by atoms with Gasteiger partial charge in [-0.3, -0.25) is 4.79 Å². The molecular formula is C23H17N3O4. The largest absolute Gasteiger partial charge is 0.457 e. The number of carbonyl (C=O) groups is 2. The van der Waals surface area contributed by atoms with Crippen molar-refractivity contribution in [3.05, 3.63) is 108 Å². The molecule has 1 N–H and O–H groups in total. The fourth-order valence-corrected chi connectivity index (χ4v) is 2.83. The fourth-order valence-electron chi connectivity index (χ4n) is 2.83. The van der Waals surface area contributed by atoms with E-state index in [1.807, 2.05) is 41.2 Å². The number of hydrogen-bond donors (Lipinski definition) is 1. The van der Waals surface area contributed by atoms with Gasteiger partial charge in [0, 0.05) is 18.0 Å². The first-order chi connectivity index (χ1) is 14.7. The number of nitrogens with zero attached hydrogens (tertiary/aromatic N) is 2. The van der Waals surface area contributed by atoms with Crippen molar-refractivity contribution >= 4 is 18.1 Å². The molecule has 2 aromatic carbocycles. The van der Waals surface area contributed by atoms with Crippen LogP contribution in [0, 0.1) is 0 Å². The molecule has 0 unspecified atom stereocenters. The zero-order valence-corrected chi connectivity index (χ0v) is 15.8. The van der Waals surface area contributed by atoms with Crippen molar-refractivity contribution in [2.24, 2.45) is 5.10 Å². The molecule has 0 aliphatic rings. The third kappa shape index (κ3) is 4.20. The highest BCUT2D eigenvalue weighted by Gasteiger charge is 2.14. The summed E-state index contributed by atoms with van der Waals surface area (Å²) in [4.78, 5) is 24.7. The van der Waals surface area contributed by atoms with Gasteiger partial charge in [-0.25, -0.2) is 10.2 Å². The number of aromatic nitrogens is 1. The molecule has 2 heterocycles. The van der Waals surface area contributed by atoms with E-state index >= 15 is 0 Å². The van der Waals surface area contributed by atoms with Crippen LogP contribution in [0.3, 0.4) is 0 Å². The van der Waals surface area contributed by atoms with Gasteiger partial charge in [0.05, 0.1) is 23.7 Å². The number of nitrogens with one attached hydrogen (secondary N) is 1. The van der Waals surface area contributed by atoms with Crippen molar-refractivity contribution in [2.45, 2.75) is 0 Å². The molecular weight excluding hydrogens is 382 g/mol. The number of para-hydroxylation sites is 2. The summed E-state index contributed by atoms with van der Waals surface area (Å²) >= 11 is 0. The summed E-state index contributed by atoms with van der Waals surface area (Å²) in [5, 5.41) is 4.02. The highest BCUT2D eigenvalue weighted by molar-refractivity contribution is 5.98. The highest BCUT2D eigenvalue weighted by atomic mass is 16.5. The van der Waals surface area contributed by atoms with Crippen LogP contribution < -0.4 is 10.2 Å². The molecule has 2 aromatic heterocycles. The van der Waals surface area contributed by atoms with Crippen LogP contribution in [0.1, 0.15) is 26.5 Å². The number of benzene rings is 2. The van der Waals surface area contributed by atoms with Crippen molar-refractivity contribution in [1.29, 1.82) is 0 Å². The molecule has 0 saturated carbocycles. The monoisotopic (exact) mass is 399 g/mol. The van der Waals surface area contributed by atoms with E-state index < -0.39 is 5.97 Å². The van der Waals surface area contributed by atoms with E-state index in [9.17, 15) is 9.59 Å². The van der Waals surface area contributed by atoms with E-state index in [0.29, 0.717) is 16.9 Å². The zero-order valence-electron chi connectivity index (χ0n) is 15.8. The van der Waals surface area contributed by atoms with Crippen molar-refractivity contribution in [2.75, 3.05) is 0 Å². The van der Waals surface area contributed by atoms with Crippen molar-refractivity contribution < 1.29 is 18.7 Å². The summed E-state index contributed by atoms with van der Waals surface area (Å²) in [5.41, 5.74) is 4.25. The average molecular weight is 399 g/mol. The van der Waals surface area contributed by atoms with E-state index in [2.05, 4.69) is 10.5 Å². The maximum Gasteiger partial charge on any atom is 0.379 e. The minimum absolute atomic E-state index is 0.0941. The second kappa shape index (κ2) is 8.74. The van der Waals surface area contributed by atoms with Gasteiger partial charge in [0.2, 0.25) is 5.76 Å². The molecule has 4 rings (SSSR count). The smallest absolute Gasteiger partial charge is 0.379 e. The molecule has 0 spiro atoms. The second-order valence-electron chi connectivity index (χ2n) is 6.21. The molecule has 0 radical (unpaired) electrons. The molecule has 7 heteroatoms. The molecule has 0 bridgehead atoms. The molecule has 0 aliphatic carbocycles. The first kappa shape index (κ1) is 18.9. The number of ether oxygens (including phenoxy) is 1. The Bertz CT molecular complexity index is 1180. The summed E-state index contributed by atoms with van der Waals surface area (Å²) in [7, 11) is 0. The molecule has 0 fully saturated rings. The van der Waals surface area contributed by atoms with Crippen LogP contribution in [-0.4, -0.2) is 22.7 Å². The lowest BCUT2D eigenvalue weighted by atomic mass is 10.1. The molecule has 148 valence electrons. The number of amides is 1. The lowest BCUT2D eigenvalue weighted by Gasteiger charge is -2.09. The predicted molar refractivity (Wildman–Crippen MR) is 111 cm³/mol. The number of hydrazone groups is 1. The predicted octanol–water partition coefficient (Wildman–Crippen LogP) is 4.05. The van der Waals surface area contributed by atoms with Crippen LogP contribution in [-0.2, 0) is 0 Å². The maximum atomic E-state index is 12.6. The summed E-state index contributed by atoms with van der Waals surface area (Å²) in [6.45, 7) is 0. The van der Waals surface area contributed by atoms with Crippen LogP contribution in [0.4, 0.5) is 0 Å². The van der Waals surface area contributed by atoms with Gasteiger partial charge in [-0.15, -0.1) is 0 Å². The van der Waals surface area contributed by atoms with Crippen LogP contribution >= 0.6 is 0 Å². The Morgan fingerprint density at radius 1 is 0.933 bits per heavy atom. The van der Waals surface area contributed by atoms with Crippen molar-refractivity contribution in [3.63, 3.8) is 0 Å². The fraction of sp³-hybridized carbons (Fsp3) is 0. The molecule has 0 saturated heterocycles. The highest BCUT2D eigenvalue weighted by Crippen LogP contribution is 2.18. The third-order valence-electron chi connectivity index (χ3n) is 4.25. The van der Waals surface area contributed by atoms with E-state index in [4.69, 9.17) is 9.15 Å². The Kier molecular flexibility index (Phi) is 5.52. The van der Waals surface area contributed by atoms with Crippen LogP contribution in [0.5, 0.6) is 5.75 Å². The van der Waals surface area contributed by atoms with Crippen molar-refractivity contribution in [1.82, 2.24) is 9.99 Å². The molecule has 0 atom stereocenters. The quantitative estimate of drug-likeness (QED) is 0.229. The van der Waals surface area contributed by atoms with Crippen molar-refractivity contribution in [3.8, 4) is 11.4 Å². The van der Waals surface area contributed by atoms with Gasteiger partial charge in [0.25, 0.3) is 5.91 Å². The molecule has 7 nitrogen and oxygen atoms in total. The Morgan fingerprint density at radius 2 is 1.70 bits per heavy atom. The Labute approximate surface area is 172 Å². The van der Waals surface area contributed by atoms with Crippen LogP contribution in [0.2, 0.25) is 0 Å². The van der Waals surface area contributed by atoms with Crippen LogP contribution in [0.15, 0.2) is 101 Å². The number of hydrogen-bond acceptors (Lipinski definition) is 5. The minimum atomic E-state index is -0.620. The lowest BCUT2D eigenvalue weighted by molar-refractivity contribution is 0.0701. The number of esters is 1. The first-order valence-corrected chi connectivity index (χ1v) is 9.13. The SMILES string of the molecule is O=C(Oc1ccccc1C=NNC(=O)c1ccccc1-n1cccc1)c1ccco1. The second-order valence-corrected chi connectivity index (χ2v) is 6.21. The van der Waals surface area contributed by atoms with Gasteiger partial charge in [0.1, 0.15) is 5.75 Å². The average Bonchev–Trinajstić information content (AvgIpc) is 3.49. The van der Waals surface area contributed by atoms with E-state index in [1.54, 1.807) is 42.5 Å². The van der Waals surface area contributed by atoms with Crippen LogP contribution in [0.25, 0.3) is 5.69 Å². The van der Waals surface area contributed by atoms with Gasteiger partial charge in [-0.05, 0) is 48.5 Å². The topological polar surface area (TPSA) is 85.8 Å².